The number of rotatable bonds is 3. The lowest BCUT2D eigenvalue weighted by molar-refractivity contribution is -0.734. The quantitative estimate of drug-likeness (QED) is 0.348. The largest absolute Gasteiger partial charge is 0.416 e. The summed E-state index contributed by atoms with van der Waals surface area (Å²) in [6.07, 6.45) is -2.63. The molecule has 28 heavy (non-hydrogen) atoms. The second kappa shape index (κ2) is 6.66. The fraction of sp³-hybridized carbons (Fsp3) is 0.211. The van der Waals surface area contributed by atoms with Crippen LogP contribution >= 0.6 is 11.8 Å². The van der Waals surface area contributed by atoms with Crippen molar-refractivity contribution in [3.63, 3.8) is 0 Å². The first-order valence-corrected chi connectivity index (χ1v) is 9.46. The Morgan fingerprint density at radius 2 is 1.93 bits per heavy atom. The van der Waals surface area contributed by atoms with E-state index in [1.54, 1.807) is 40.7 Å². The summed E-state index contributed by atoms with van der Waals surface area (Å²) in [6.45, 7) is 2.04. The maximum absolute atomic E-state index is 13.1. The summed E-state index contributed by atoms with van der Waals surface area (Å²) in [5.74, 6) is 0.801. The molecule has 2 heterocycles. The third kappa shape index (κ3) is 3.15. The second-order valence-corrected chi connectivity index (χ2v) is 7.54. The molecule has 0 aliphatic carbocycles. The minimum atomic E-state index is -4.42. The highest BCUT2D eigenvalue weighted by molar-refractivity contribution is 7.99. The van der Waals surface area contributed by atoms with Crippen LogP contribution in [0.3, 0.4) is 0 Å². The fourth-order valence-corrected chi connectivity index (χ4v) is 4.53. The molecular formula is C19H15F3N3O2S+. The topological polar surface area (TPSA) is 51.9 Å². The lowest BCUT2D eigenvalue weighted by Crippen LogP contribution is -2.37. The van der Waals surface area contributed by atoms with Gasteiger partial charge < -0.3 is 0 Å². The Bertz CT molecular complexity index is 1060. The molecule has 0 spiro atoms. The predicted octanol–water partition coefficient (Wildman–Crippen LogP) is 5.03. The Kier molecular flexibility index (Phi) is 4.41. The van der Waals surface area contributed by atoms with Gasteiger partial charge >= 0.3 is 11.3 Å². The SMILES string of the molecule is CC1CSc2n(-c3cccc(C(F)(F)F)c3)cc(-c3ccc([N+](=O)[O-])cc3)[n+]21. The zero-order valence-electron chi connectivity index (χ0n) is 14.7. The summed E-state index contributed by atoms with van der Waals surface area (Å²) >= 11 is 1.57. The number of halogens is 3. The molecule has 0 saturated carbocycles. The number of nitrogens with zero attached hydrogens (tertiary/aromatic N) is 3. The summed E-state index contributed by atoms with van der Waals surface area (Å²) in [5, 5.41) is 11.7. The monoisotopic (exact) mass is 406 g/mol. The molecule has 0 N–H and O–H groups in total. The van der Waals surface area contributed by atoms with Gasteiger partial charge in [0.1, 0.15) is 17.9 Å². The summed E-state index contributed by atoms with van der Waals surface area (Å²) in [4.78, 5) is 10.4. The number of aromatic nitrogens is 2. The van der Waals surface area contributed by atoms with E-state index in [9.17, 15) is 23.3 Å². The van der Waals surface area contributed by atoms with E-state index in [0.717, 1.165) is 34.3 Å². The van der Waals surface area contributed by atoms with Crippen LogP contribution < -0.4 is 4.57 Å². The van der Waals surface area contributed by atoms with Gasteiger partial charge in [-0.05, 0) is 49.0 Å². The lowest BCUT2D eigenvalue weighted by Gasteiger charge is -2.07. The number of benzene rings is 2. The molecule has 9 heteroatoms. The Hall–Kier alpha value is -2.81. The molecule has 1 unspecified atom stereocenters. The van der Waals surface area contributed by atoms with Crippen molar-refractivity contribution in [3.8, 4) is 16.9 Å². The number of non-ortho nitro benzene ring substituents is 1. The maximum Gasteiger partial charge on any atom is 0.416 e. The molecule has 0 radical (unpaired) electrons. The molecule has 144 valence electrons. The molecule has 1 aliphatic rings. The average molecular weight is 406 g/mol. The number of nitro groups is 1. The van der Waals surface area contributed by atoms with Gasteiger partial charge in [-0.3, -0.25) is 10.1 Å². The predicted molar refractivity (Wildman–Crippen MR) is 98.5 cm³/mol. The first kappa shape index (κ1) is 18.5. The molecule has 1 atom stereocenters. The first-order chi connectivity index (χ1) is 13.3. The maximum atomic E-state index is 13.1. The standard InChI is InChI=1S/C19H15F3N3O2S/c1-12-11-28-18-23(16-4-2-3-14(9-16)19(20,21)22)10-17(24(12)18)13-5-7-15(8-6-13)25(26)27/h2-10,12H,11H2,1H3/q+1. The molecule has 0 saturated heterocycles. The number of hydrogen-bond acceptors (Lipinski definition) is 3. The Morgan fingerprint density at radius 1 is 1.21 bits per heavy atom. The van der Waals surface area contributed by atoms with Crippen LogP contribution in [-0.4, -0.2) is 15.2 Å². The molecule has 0 amide bonds. The Balaban J connectivity index is 1.84. The summed E-state index contributed by atoms with van der Waals surface area (Å²) in [7, 11) is 0. The number of alkyl halides is 3. The van der Waals surface area contributed by atoms with Crippen molar-refractivity contribution in [2.24, 2.45) is 0 Å². The van der Waals surface area contributed by atoms with E-state index in [2.05, 4.69) is 4.57 Å². The van der Waals surface area contributed by atoms with E-state index >= 15 is 0 Å². The molecule has 0 fully saturated rings. The number of imidazole rings is 1. The van der Waals surface area contributed by atoms with E-state index < -0.39 is 16.7 Å². The van der Waals surface area contributed by atoms with Crippen molar-refractivity contribution in [1.29, 1.82) is 0 Å². The molecule has 1 aromatic heterocycles. The molecule has 3 aromatic rings. The van der Waals surface area contributed by atoms with E-state index in [-0.39, 0.29) is 11.7 Å². The van der Waals surface area contributed by atoms with Gasteiger partial charge in [0.15, 0.2) is 5.69 Å². The molecular weight excluding hydrogens is 391 g/mol. The van der Waals surface area contributed by atoms with Gasteiger partial charge in [0.05, 0.1) is 10.5 Å². The Morgan fingerprint density at radius 3 is 2.57 bits per heavy atom. The van der Waals surface area contributed by atoms with E-state index in [1.807, 2.05) is 6.92 Å². The van der Waals surface area contributed by atoms with Crippen molar-refractivity contribution in [2.75, 3.05) is 5.75 Å². The highest BCUT2D eigenvalue weighted by Crippen LogP contribution is 2.36. The minimum Gasteiger partial charge on any atom is -0.258 e. The van der Waals surface area contributed by atoms with Crippen LogP contribution in [0, 0.1) is 10.1 Å². The molecule has 1 aliphatic heterocycles. The molecule has 0 bridgehead atoms. The molecule has 5 nitrogen and oxygen atoms in total. The van der Waals surface area contributed by atoms with Crippen LogP contribution in [0.2, 0.25) is 0 Å². The summed E-state index contributed by atoms with van der Waals surface area (Å²) < 4.78 is 43.2. The summed E-state index contributed by atoms with van der Waals surface area (Å²) in [5.41, 5.74) is 1.29. The normalized spacial score (nSPS) is 16.2. The van der Waals surface area contributed by atoms with Gasteiger partial charge in [-0.1, -0.05) is 6.07 Å². The van der Waals surface area contributed by atoms with Crippen molar-refractivity contribution >= 4 is 17.4 Å². The van der Waals surface area contributed by atoms with Crippen LogP contribution in [0.15, 0.2) is 59.9 Å². The summed E-state index contributed by atoms with van der Waals surface area (Å²) in [6, 6.07) is 11.5. The zero-order chi connectivity index (χ0) is 20.1. The van der Waals surface area contributed by atoms with E-state index in [1.165, 1.54) is 18.2 Å². The second-order valence-electron chi connectivity index (χ2n) is 6.55. The van der Waals surface area contributed by atoms with Gasteiger partial charge in [0.2, 0.25) is 0 Å². The third-order valence-electron chi connectivity index (χ3n) is 4.64. The number of fused-ring (bicyclic) bond motifs is 1. The first-order valence-electron chi connectivity index (χ1n) is 8.48. The van der Waals surface area contributed by atoms with Crippen molar-refractivity contribution in [3.05, 3.63) is 70.4 Å². The number of thioether (sulfide) groups is 1. The average Bonchev–Trinajstić information content (AvgIpc) is 3.22. The molecule has 2 aromatic carbocycles. The zero-order valence-corrected chi connectivity index (χ0v) is 15.5. The van der Waals surface area contributed by atoms with E-state index in [4.69, 9.17) is 0 Å². The van der Waals surface area contributed by atoms with Gasteiger partial charge in [-0.2, -0.15) is 17.7 Å². The van der Waals surface area contributed by atoms with Crippen molar-refractivity contribution in [2.45, 2.75) is 24.3 Å². The molecule has 4 rings (SSSR count). The van der Waals surface area contributed by atoms with Crippen LogP contribution in [0.1, 0.15) is 18.5 Å². The number of hydrogen-bond donors (Lipinski definition) is 0. The number of nitro benzene ring substituents is 1. The van der Waals surface area contributed by atoms with E-state index in [0.29, 0.717) is 5.69 Å². The van der Waals surface area contributed by atoms with Gasteiger partial charge in [0, 0.05) is 23.4 Å². The van der Waals surface area contributed by atoms with Crippen LogP contribution in [0.25, 0.3) is 16.9 Å². The van der Waals surface area contributed by atoms with Crippen molar-refractivity contribution in [1.82, 2.24) is 4.57 Å². The van der Waals surface area contributed by atoms with Gasteiger partial charge in [-0.15, -0.1) is 0 Å². The van der Waals surface area contributed by atoms with Crippen LogP contribution in [-0.2, 0) is 6.18 Å². The highest BCUT2D eigenvalue weighted by atomic mass is 32.2. The van der Waals surface area contributed by atoms with Crippen LogP contribution in [0.5, 0.6) is 0 Å². The smallest absolute Gasteiger partial charge is 0.258 e. The minimum absolute atomic E-state index is 0.00914. The highest BCUT2D eigenvalue weighted by Gasteiger charge is 2.37. The van der Waals surface area contributed by atoms with Gasteiger partial charge in [0.25, 0.3) is 5.69 Å². The van der Waals surface area contributed by atoms with Crippen LogP contribution in [0.4, 0.5) is 18.9 Å². The third-order valence-corrected chi connectivity index (χ3v) is 5.94. The Labute approximate surface area is 162 Å². The van der Waals surface area contributed by atoms with Crippen molar-refractivity contribution < 1.29 is 22.7 Å². The fourth-order valence-electron chi connectivity index (χ4n) is 3.28. The lowest BCUT2D eigenvalue weighted by atomic mass is 10.1. The van der Waals surface area contributed by atoms with Gasteiger partial charge in [-0.25, -0.2) is 4.57 Å².